The van der Waals surface area contributed by atoms with Crippen LogP contribution in [0.4, 0.5) is 10.1 Å². The van der Waals surface area contributed by atoms with Crippen molar-refractivity contribution in [3.8, 4) is 11.1 Å². The third kappa shape index (κ3) is 2.47. The molecule has 1 atom stereocenters. The summed E-state index contributed by atoms with van der Waals surface area (Å²) in [6.07, 6.45) is 3.01. The van der Waals surface area contributed by atoms with Crippen molar-refractivity contribution < 1.29 is 5.82 Å². The average Bonchev–Trinajstić information content (AvgIpc) is 3.10. The van der Waals surface area contributed by atoms with Gasteiger partial charge in [-0.1, -0.05) is 19.9 Å². The third-order valence-corrected chi connectivity index (χ3v) is 3.99. The Balaban J connectivity index is 0.000000617. The van der Waals surface area contributed by atoms with Gasteiger partial charge in [0.2, 0.25) is 0 Å². The molecule has 2 N–H and O–H groups in total. The number of H-pyrrole nitrogens is 1. The van der Waals surface area contributed by atoms with Gasteiger partial charge in [-0.3, -0.25) is 0 Å². The van der Waals surface area contributed by atoms with E-state index in [4.69, 9.17) is 0 Å². The SMILES string of the molecule is CC.CC1Cc2cc(-c3c[nH]c4cc(F)ccc34)ccc2N1.[HH]. The molecule has 3 aromatic rings. The van der Waals surface area contributed by atoms with Crippen LogP contribution in [0, 0.1) is 5.82 Å². The molecule has 0 fully saturated rings. The van der Waals surface area contributed by atoms with Crippen molar-refractivity contribution in [1.82, 2.24) is 4.98 Å². The molecule has 1 aromatic heterocycles. The Labute approximate surface area is 131 Å². The van der Waals surface area contributed by atoms with Gasteiger partial charge < -0.3 is 10.3 Å². The summed E-state index contributed by atoms with van der Waals surface area (Å²) in [5.74, 6) is -0.210. The highest BCUT2D eigenvalue weighted by atomic mass is 19.1. The van der Waals surface area contributed by atoms with Crippen LogP contribution in [0.5, 0.6) is 0 Å². The first-order valence-electron chi connectivity index (χ1n) is 7.87. The van der Waals surface area contributed by atoms with Crippen LogP contribution in [-0.2, 0) is 6.42 Å². The van der Waals surface area contributed by atoms with Crippen molar-refractivity contribution in [1.29, 1.82) is 0 Å². The van der Waals surface area contributed by atoms with Gasteiger partial charge in [0.05, 0.1) is 0 Å². The molecule has 0 saturated carbocycles. The molecule has 4 rings (SSSR count). The fraction of sp³-hybridized carbons (Fsp3) is 0.263. The Morgan fingerprint density at radius 3 is 2.77 bits per heavy atom. The lowest BCUT2D eigenvalue weighted by Gasteiger charge is -2.04. The number of hydrogen-bond donors (Lipinski definition) is 2. The van der Waals surface area contributed by atoms with E-state index >= 15 is 0 Å². The summed E-state index contributed by atoms with van der Waals surface area (Å²) in [5, 5.41) is 4.52. The van der Waals surface area contributed by atoms with Crippen LogP contribution in [0.2, 0.25) is 0 Å². The topological polar surface area (TPSA) is 27.8 Å². The zero-order valence-corrected chi connectivity index (χ0v) is 13.2. The van der Waals surface area contributed by atoms with Crippen molar-refractivity contribution in [3.63, 3.8) is 0 Å². The fourth-order valence-corrected chi connectivity index (χ4v) is 3.05. The molecule has 116 valence electrons. The lowest BCUT2D eigenvalue weighted by atomic mass is 10.0. The summed E-state index contributed by atoms with van der Waals surface area (Å²) >= 11 is 0. The molecule has 0 radical (unpaired) electrons. The highest BCUT2D eigenvalue weighted by molar-refractivity contribution is 5.96. The number of fused-ring (bicyclic) bond motifs is 2. The van der Waals surface area contributed by atoms with Crippen LogP contribution < -0.4 is 5.32 Å². The first-order chi connectivity index (χ1) is 10.7. The molecular formula is C19H23FN2. The van der Waals surface area contributed by atoms with Crippen LogP contribution in [0.15, 0.2) is 42.6 Å². The first-order valence-corrected chi connectivity index (χ1v) is 7.87. The molecule has 0 amide bonds. The highest BCUT2D eigenvalue weighted by Gasteiger charge is 2.17. The number of halogens is 1. The molecule has 1 aliphatic heterocycles. The van der Waals surface area contributed by atoms with E-state index in [0.29, 0.717) is 6.04 Å². The van der Waals surface area contributed by atoms with Gasteiger partial charge in [-0.2, -0.15) is 0 Å². The largest absolute Gasteiger partial charge is 0.382 e. The zero-order valence-electron chi connectivity index (χ0n) is 13.2. The Bertz CT molecular complexity index is 810. The third-order valence-electron chi connectivity index (χ3n) is 3.99. The smallest absolute Gasteiger partial charge is 0.125 e. The van der Waals surface area contributed by atoms with Gasteiger partial charge in [-0.25, -0.2) is 4.39 Å². The molecule has 2 nitrogen and oxygen atoms in total. The second kappa shape index (κ2) is 5.84. The molecule has 0 aliphatic carbocycles. The number of hydrogen-bond acceptors (Lipinski definition) is 1. The van der Waals surface area contributed by atoms with Gasteiger partial charge in [0, 0.05) is 35.8 Å². The molecule has 1 unspecified atom stereocenters. The normalized spacial score (nSPS) is 15.9. The standard InChI is InChI=1S/C17H15FN2.C2H6.H2/c1-10-6-12-7-11(2-5-16(12)20-10)15-9-19-17-8-13(18)3-4-14(15)17;1-2;/h2-5,7-10,19-20H,6H2,1H3;1-2H3;1H. The van der Waals surface area contributed by atoms with Crippen LogP contribution in [0.3, 0.4) is 0 Å². The summed E-state index contributed by atoms with van der Waals surface area (Å²) < 4.78 is 13.2. The van der Waals surface area contributed by atoms with E-state index in [2.05, 4.69) is 35.4 Å². The maximum atomic E-state index is 13.2. The highest BCUT2D eigenvalue weighted by Crippen LogP contribution is 2.34. The lowest BCUT2D eigenvalue weighted by Crippen LogP contribution is -2.08. The quantitative estimate of drug-likeness (QED) is 0.601. The molecule has 3 heteroatoms. The molecule has 0 spiro atoms. The van der Waals surface area contributed by atoms with E-state index < -0.39 is 0 Å². The Hall–Kier alpha value is -2.29. The van der Waals surface area contributed by atoms with Crippen molar-refractivity contribution in [2.75, 3.05) is 5.32 Å². The molecule has 0 saturated heterocycles. The lowest BCUT2D eigenvalue weighted by molar-refractivity contribution is 0.629. The summed E-state index contributed by atoms with van der Waals surface area (Å²) in [4.78, 5) is 3.15. The number of aromatic amines is 1. The Kier molecular flexibility index (Phi) is 3.88. The molecule has 2 heterocycles. The number of benzene rings is 2. The van der Waals surface area contributed by atoms with E-state index in [-0.39, 0.29) is 7.24 Å². The minimum Gasteiger partial charge on any atom is -0.382 e. The Morgan fingerprint density at radius 2 is 1.95 bits per heavy atom. The summed E-state index contributed by atoms with van der Waals surface area (Å²) in [7, 11) is 0. The maximum Gasteiger partial charge on any atom is 0.125 e. The predicted molar refractivity (Wildman–Crippen MR) is 93.9 cm³/mol. The minimum absolute atomic E-state index is 0. The van der Waals surface area contributed by atoms with Crippen molar-refractivity contribution in [2.45, 2.75) is 33.2 Å². The van der Waals surface area contributed by atoms with Gasteiger partial charge in [0.15, 0.2) is 0 Å². The second-order valence-electron chi connectivity index (χ2n) is 5.51. The molecular weight excluding hydrogens is 275 g/mol. The number of nitrogens with one attached hydrogen (secondary N) is 2. The minimum atomic E-state index is -0.210. The van der Waals surface area contributed by atoms with E-state index in [1.165, 1.54) is 28.9 Å². The van der Waals surface area contributed by atoms with Crippen LogP contribution >= 0.6 is 0 Å². The first kappa shape index (κ1) is 14.6. The molecule has 1 aliphatic rings. The average molecular weight is 298 g/mol. The van der Waals surface area contributed by atoms with Gasteiger partial charge >= 0.3 is 0 Å². The van der Waals surface area contributed by atoms with Crippen LogP contribution in [0.1, 0.15) is 27.8 Å². The second-order valence-corrected chi connectivity index (χ2v) is 5.51. The molecule has 0 bridgehead atoms. The van der Waals surface area contributed by atoms with Crippen LogP contribution in [0.25, 0.3) is 22.0 Å². The monoisotopic (exact) mass is 298 g/mol. The predicted octanol–water partition coefficient (Wildman–Crippen LogP) is 5.60. The number of rotatable bonds is 1. The van der Waals surface area contributed by atoms with E-state index in [1.54, 1.807) is 0 Å². The van der Waals surface area contributed by atoms with Crippen molar-refractivity contribution >= 4 is 16.6 Å². The molecule has 22 heavy (non-hydrogen) atoms. The fourth-order valence-electron chi connectivity index (χ4n) is 3.05. The van der Waals surface area contributed by atoms with Gasteiger partial charge in [-0.05, 0) is 54.8 Å². The summed E-state index contributed by atoms with van der Waals surface area (Å²) in [5.41, 5.74) is 5.73. The number of anilines is 1. The van der Waals surface area contributed by atoms with Crippen molar-refractivity contribution in [2.24, 2.45) is 0 Å². The van der Waals surface area contributed by atoms with Crippen LogP contribution in [-0.4, -0.2) is 11.0 Å². The van der Waals surface area contributed by atoms with Crippen molar-refractivity contribution in [3.05, 3.63) is 54.0 Å². The van der Waals surface area contributed by atoms with E-state index in [1.807, 2.05) is 26.1 Å². The maximum absolute atomic E-state index is 13.2. The van der Waals surface area contributed by atoms with Gasteiger partial charge in [0.1, 0.15) is 5.82 Å². The Morgan fingerprint density at radius 1 is 1.14 bits per heavy atom. The molecule has 2 aromatic carbocycles. The summed E-state index contributed by atoms with van der Waals surface area (Å²) in [6, 6.07) is 11.9. The number of aromatic nitrogens is 1. The van der Waals surface area contributed by atoms with E-state index in [0.717, 1.165) is 22.9 Å². The summed E-state index contributed by atoms with van der Waals surface area (Å²) in [6.45, 7) is 6.19. The van der Waals surface area contributed by atoms with Gasteiger partial charge in [-0.15, -0.1) is 0 Å². The van der Waals surface area contributed by atoms with Gasteiger partial charge in [0.25, 0.3) is 0 Å². The zero-order chi connectivity index (χ0) is 15.7. The van der Waals surface area contributed by atoms with E-state index in [9.17, 15) is 4.39 Å².